The van der Waals surface area contributed by atoms with Gasteiger partial charge in [-0.25, -0.2) is 19.9 Å². The zero-order valence-electron chi connectivity index (χ0n) is 86.1. The standard InChI is InChI=1S/C104H129N25O20/c1-119(2)42-19-18-23-76(130)24-20-27-85(133)95-113-73(61-126(95)9)51-87(135)79-44-64(54-120(79)3)43-77(131)25-21-28-86(134)96-114-74(62-127(96)10)52-89(137)98-115-75(63-129(98)12)53-88(136)97-112-67(60-128(97)11)45-78(132)26-22-38-106-100(144)80-48-70(57-121(80)4)117-104(148)84-50-72(59-125(84)8)118-103(147)83-47-69(56-124(83)7)111-93(141)37-41-108-101(145)81-49-71(58-122(81)5)116-102(146)82-46-68(55-123(82)6)110-92(140)36-39-105-90(138)35-40-107-99(143)65-31-33-66(34-32-65)109-91(139)29-16-14-15-17-30-94(142)149-13/h31-34,44,46-50,54-63H,14-30,35-43,45,51-53H2,1-13H3,(H,105,138)(H,106,144)(H,107,143)(H,108,145)(H,109,139)(H,110,140)(H,111,141)(H,116,146)(H,117,148)(H,118,147). The number of methoxy groups -OCH3 is 1. The Kier molecular flexibility index (Phi) is 40.3. The molecule has 45 heteroatoms. The van der Waals surface area contributed by atoms with Crippen LogP contribution in [0.4, 0.5) is 34.1 Å². The van der Waals surface area contributed by atoms with Crippen LogP contribution in [0.2, 0.25) is 0 Å². The normalized spacial score (nSPS) is 11.2. The van der Waals surface area contributed by atoms with Crippen molar-refractivity contribution in [3.8, 4) is 0 Å². The Bertz CT molecular complexity index is 6840. The molecule has 1 aromatic carbocycles. The highest BCUT2D eigenvalue weighted by Gasteiger charge is 2.29. The van der Waals surface area contributed by atoms with Crippen molar-refractivity contribution in [2.75, 3.05) is 85.8 Å². The number of amides is 10. The number of carbonyl (C=O) groups excluding carboxylic acids is 19. The van der Waals surface area contributed by atoms with Crippen LogP contribution in [-0.2, 0) is 146 Å². The van der Waals surface area contributed by atoms with Crippen LogP contribution in [0, 0.1) is 0 Å². The number of esters is 1. The maximum Gasteiger partial charge on any atom is 0.305 e. The Morgan fingerprint density at radius 3 is 1.06 bits per heavy atom. The van der Waals surface area contributed by atoms with Gasteiger partial charge in [0.25, 0.3) is 35.4 Å². The highest BCUT2D eigenvalue weighted by molar-refractivity contribution is 6.09. The zero-order chi connectivity index (χ0) is 108. The van der Waals surface area contributed by atoms with Gasteiger partial charge in [0.2, 0.25) is 35.2 Å². The van der Waals surface area contributed by atoms with E-state index in [2.05, 4.69) is 82.7 Å². The van der Waals surface area contributed by atoms with Gasteiger partial charge in [0, 0.05) is 247 Å². The van der Waals surface area contributed by atoms with Gasteiger partial charge < -0.3 is 108 Å². The van der Waals surface area contributed by atoms with Crippen LogP contribution in [0.1, 0.15) is 273 Å². The summed E-state index contributed by atoms with van der Waals surface area (Å²) in [6.45, 7) is 0.958. The number of aryl methyl sites for hydroxylation is 10. The van der Waals surface area contributed by atoms with E-state index in [4.69, 9.17) is 0 Å². The van der Waals surface area contributed by atoms with Crippen molar-refractivity contribution >= 4 is 145 Å². The molecule has 0 unspecified atom stereocenters. The molecule has 10 N–H and O–H groups in total. The molecule has 10 heterocycles. The third kappa shape index (κ3) is 33.4. The third-order valence-corrected chi connectivity index (χ3v) is 24.5. The monoisotopic (exact) mass is 2050 g/mol. The molecule has 0 aliphatic rings. The average Bonchev–Trinajstić information content (AvgIpc) is 1.67. The second kappa shape index (κ2) is 53.4. The highest BCUT2D eigenvalue weighted by atomic mass is 16.5. The minimum Gasteiger partial charge on any atom is -0.469 e. The smallest absolute Gasteiger partial charge is 0.305 e. The number of hydrogen-bond donors (Lipinski definition) is 10. The average molecular weight is 2050 g/mol. The van der Waals surface area contributed by atoms with E-state index in [1.54, 1.807) is 147 Å². The molecule has 0 atom stereocenters. The van der Waals surface area contributed by atoms with Gasteiger partial charge in [0.05, 0.1) is 89.7 Å². The lowest BCUT2D eigenvalue weighted by molar-refractivity contribution is -0.140. The van der Waals surface area contributed by atoms with Crippen molar-refractivity contribution in [1.82, 2.24) is 91.8 Å². The first-order chi connectivity index (χ1) is 71.0. The largest absolute Gasteiger partial charge is 0.469 e. The topological polar surface area (TPSA) is 558 Å². The molecule has 790 valence electrons. The number of rotatable bonds is 60. The fourth-order valence-electron chi connectivity index (χ4n) is 16.9. The number of hydrogen-bond acceptors (Lipinski definition) is 25. The number of ketones is 8. The van der Waals surface area contributed by atoms with E-state index in [0.29, 0.717) is 90.2 Å². The second-order valence-electron chi connectivity index (χ2n) is 37.3. The summed E-state index contributed by atoms with van der Waals surface area (Å²) in [6.07, 6.45) is 22.2. The minimum absolute atomic E-state index is 0.00589. The Balaban J connectivity index is 0.531. The lowest BCUT2D eigenvalue weighted by Crippen LogP contribution is -2.32. The van der Waals surface area contributed by atoms with Gasteiger partial charge in [-0.1, -0.05) is 12.8 Å². The number of unbranched alkanes of at least 4 members (excludes halogenated alkanes) is 4. The van der Waals surface area contributed by atoms with Crippen molar-refractivity contribution < 1.29 is 95.8 Å². The summed E-state index contributed by atoms with van der Waals surface area (Å²) in [5.74, 6) is -6.30. The molecule has 149 heavy (non-hydrogen) atoms. The number of benzene rings is 1. The first kappa shape index (κ1) is 113. The summed E-state index contributed by atoms with van der Waals surface area (Å²) >= 11 is 0. The molecule has 10 amide bonds. The summed E-state index contributed by atoms with van der Waals surface area (Å²) in [5.41, 5.74) is 5.44. The van der Waals surface area contributed by atoms with Gasteiger partial charge in [-0.05, 0) is 132 Å². The molecule has 0 saturated carbocycles. The van der Waals surface area contributed by atoms with E-state index in [0.717, 1.165) is 32.2 Å². The molecular weight excluding hydrogens is 1920 g/mol. The van der Waals surface area contributed by atoms with Crippen LogP contribution in [0.25, 0.3) is 0 Å². The summed E-state index contributed by atoms with van der Waals surface area (Å²) in [4.78, 5) is 268. The maximum absolute atomic E-state index is 13.7. The SMILES string of the molecule is COC(=O)CCCCCCC(=O)Nc1ccc(C(=O)NCCC(=O)NCCC(=O)Nc2cc(C(=O)Nc3cc(C(=O)NCCC(=O)Nc4cc(C(=O)Nc5cc(C(=O)Nc6cc(C(=O)NCCCC(=O)Cc7cn(C)c(C(=O)Cc8cn(C)c(C(=O)Cc9cn(C)c(C(=O)CCCC(=O)Cc%10cc(C(=O)Cc%11cn(C)c(C(=O)CCCC(=O)CCCCN(C)C)n%11)n(C)c%10)n9)n8)n7)n(C)c6)n(C)c5)n(C)c4)n(C)c3)n(C)c2)cc1. The second-order valence-corrected chi connectivity index (χ2v) is 37.3. The minimum atomic E-state index is -0.572. The van der Waals surface area contributed by atoms with E-state index >= 15 is 0 Å². The Hall–Kier alpha value is -16.8. The van der Waals surface area contributed by atoms with Crippen molar-refractivity contribution in [1.29, 1.82) is 0 Å². The predicted octanol–water partition coefficient (Wildman–Crippen LogP) is 8.30. The van der Waals surface area contributed by atoms with Gasteiger partial charge in [0.1, 0.15) is 45.8 Å². The van der Waals surface area contributed by atoms with Crippen LogP contribution in [0.15, 0.2) is 123 Å². The van der Waals surface area contributed by atoms with Gasteiger partial charge in [-0.3, -0.25) is 91.1 Å². The molecule has 11 rings (SSSR count). The number of carbonyl (C=O) groups is 19. The quantitative estimate of drug-likeness (QED) is 0.00972. The van der Waals surface area contributed by atoms with E-state index in [1.165, 1.54) is 98.8 Å². The van der Waals surface area contributed by atoms with Crippen LogP contribution in [0.3, 0.4) is 0 Å². The van der Waals surface area contributed by atoms with Crippen molar-refractivity contribution in [3.05, 3.63) is 214 Å². The number of imidazole rings is 4. The molecule has 45 nitrogen and oxygen atoms in total. The Morgan fingerprint density at radius 2 is 0.611 bits per heavy atom. The van der Waals surface area contributed by atoms with Crippen LogP contribution < -0.4 is 53.2 Å². The molecule has 0 spiro atoms. The molecular formula is C104H129N25O20. The maximum atomic E-state index is 13.7. The van der Waals surface area contributed by atoms with Crippen LogP contribution >= 0.6 is 0 Å². The first-order valence-corrected chi connectivity index (χ1v) is 49.0. The molecule has 0 aliphatic carbocycles. The summed E-state index contributed by atoms with van der Waals surface area (Å²) < 4.78 is 19.9. The zero-order valence-corrected chi connectivity index (χ0v) is 86.1. The fourth-order valence-corrected chi connectivity index (χ4v) is 16.9. The van der Waals surface area contributed by atoms with Gasteiger partial charge in [0.15, 0.2) is 40.6 Å². The van der Waals surface area contributed by atoms with Crippen molar-refractivity contribution in [2.45, 2.75) is 161 Å². The number of aromatic nitrogens is 14. The Morgan fingerprint density at radius 1 is 0.268 bits per heavy atom. The Labute approximate surface area is 859 Å². The molecule has 10 aromatic heterocycles. The number of nitrogens with one attached hydrogen (secondary N) is 10. The summed E-state index contributed by atoms with van der Waals surface area (Å²) in [7, 11) is 21.6. The van der Waals surface area contributed by atoms with Crippen molar-refractivity contribution in [2.24, 2.45) is 70.5 Å². The van der Waals surface area contributed by atoms with Crippen LogP contribution in [0.5, 0.6) is 0 Å². The van der Waals surface area contributed by atoms with Gasteiger partial charge >= 0.3 is 5.97 Å². The molecule has 0 aliphatic heterocycles. The predicted molar refractivity (Wildman–Crippen MR) is 550 cm³/mol. The summed E-state index contributed by atoms with van der Waals surface area (Å²) in [5, 5.41) is 27.3. The van der Waals surface area contributed by atoms with E-state index < -0.39 is 64.7 Å². The number of anilines is 6. The van der Waals surface area contributed by atoms with Crippen LogP contribution in [-0.4, -0.2) is 236 Å². The number of Topliss-reactive ketones (excluding diaryl/α,β-unsaturated/α-hetero) is 8. The van der Waals surface area contributed by atoms with E-state index in [-0.39, 0.29) is 243 Å². The third-order valence-electron chi connectivity index (χ3n) is 24.5. The van der Waals surface area contributed by atoms with E-state index in [9.17, 15) is 91.1 Å². The lowest BCUT2D eigenvalue weighted by atomic mass is 10.0. The molecule has 11 aromatic rings. The number of ether oxygens (including phenoxy) is 1. The van der Waals surface area contributed by atoms with E-state index in [1.807, 2.05) is 14.1 Å². The molecule has 0 radical (unpaired) electrons. The molecule has 0 fully saturated rings. The first-order valence-electron chi connectivity index (χ1n) is 49.0. The highest BCUT2D eigenvalue weighted by Crippen LogP contribution is 2.26. The number of nitrogens with zero attached hydrogens (tertiary/aromatic N) is 15. The van der Waals surface area contributed by atoms with Gasteiger partial charge in [-0.15, -0.1) is 0 Å². The fraction of sp³-hybridized carbons (Fsp3) is 0.413. The lowest BCUT2D eigenvalue weighted by Gasteiger charge is -2.08. The summed E-state index contributed by atoms with van der Waals surface area (Å²) in [6, 6.07) is 15.3. The van der Waals surface area contributed by atoms with Crippen molar-refractivity contribution in [3.63, 3.8) is 0 Å². The molecule has 0 saturated heterocycles. The van der Waals surface area contributed by atoms with Gasteiger partial charge in [-0.2, -0.15) is 0 Å². The molecule has 0 bridgehead atoms.